The average Bonchev–Trinajstić information content (AvgIpc) is 2.66. The van der Waals surface area contributed by atoms with Gasteiger partial charge in [-0.25, -0.2) is 0 Å². The molecule has 0 fully saturated rings. The normalized spacial score (nSPS) is 11.1. The molecule has 29 heavy (non-hydrogen) atoms. The first-order valence-corrected chi connectivity index (χ1v) is 10.1. The highest BCUT2D eigenvalue weighted by molar-refractivity contribution is 5.58. The molecule has 3 N–H and O–H groups in total. The molecule has 0 aromatic heterocycles. The maximum absolute atomic E-state index is 10.7. The van der Waals surface area contributed by atoms with Crippen LogP contribution in [0.15, 0.2) is 48.1 Å². The lowest BCUT2D eigenvalue weighted by Gasteiger charge is -2.25. The van der Waals surface area contributed by atoms with Crippen molar-refractivity contribution in [1.82, 2.24) is 0 Å². The van der Waals surface area contributed by atoms with Crippen LogP contribution in [0.4, 0.5) is 0 Å². The third-order valence-electron chi connectivity index (χ3n) is 4.60. The molecule has 0 aliphatic rings. The number of hydrogen-bond acceptors (Lipinski definition) is 3. The van der Waals surface area contributed by atoms with E-state index in [1.165, 1.54) is 0 Å². The Balaban J connectivity index is 0.00000184. The van der Waals surface area contributed by atoms with Crippen LogP contribution in [0.5, 0.6) is 11.5 Å². The number of phenols is 2. The summed E-state index contributed by atoms with van der Waals surface area (Å²) in [5.74, 6) is 0.350. The van der Waals surface area contributed by atoms with Crippen LogP contribution in [0.25, 0.3) is 0 Å². The topological polar surface area (TPSA) is 60.7 Å². The monoisotopic (exact) mass is 398 g/mol. The van der Waals surface area contributed by atoms with Crippen molar-refractivity contribution in [3.05, 3.63) is 81.4 Å². The van der Waals surface area contributed by atoms with Crippen LogP contribution in [0.1, 0.15) is 67.0 Å². The van der Waals surface area contributed by atoms with Crippen LogP contribution < -0.4 is 0 Å². The van der Waals surface area contributed by atoms with Crippen molar-refractivity contribution in [2.45, 2.75) is 61.3 Å². The molecule has 2 rings (SSSR count). The van der Waals surface area contributed by atoms with Crippen molar-refractivity contribution in [1.29, 1.82) is 0 Å². The number of aryl methyl sites for hydroxylation is 4. The standard InChI is InChI=1S/C23H28O2.C2H6.CH4O/c1-7-8-9-16(4)23(21-17(5)10-14(2)12-19(21)24)22-18(6)11-15(3)13-20(22)25;2*1-2/h7-13,23-25H,1-6H3;1-2H3;2H,1H3/b8-7-,16-9+;;. The fourth-order valence-electron chi connectivity index (χ4n) is 3.61. The van der Waals surface area contributed by atoms with Gasteiger partial charge in [0, 0.05) is 24.2 Å². The first-order chi connectivity index (χ1) is 13.8. The van der Waals surface area contributed by atoms with Crippen molar-refractivity contribution < 1.29 is 15.3 Å². The molecule has 0 bridgehead atoms. The molecule has 2 aromatic carbocycles. The molecule has 0 spiro atoms. The van der Waals surface area contributed by atoms with Crippen LogP contribution >= 0.6 is 0 Å². The van der Waals surface area contributed by atoms with Gasteiger partial charge in [0.25, 0.3) is 0 Å². The number of benzene rings is 2. The molecule has 0 aliphatic carbocycles. The van der Waals surface area contributed by atoms with Gasteiger partial charge in [0.05, 0.1) is 0 Å². The van der Waals surface area contributed by atoms with Gasteiger partial charge in [-0.05, 0) is 75.9 Å². The molecule has 3 heteroatoms. The van der Waals surface area contributed by atoms with Gasteiger partial charge in [-0.3, -0.25) is 0 Å². The van der Waals surface area contributed by atoms with Gasteiger partial charge < -0.3 is 15.3 Å². The van der Waals surface area contributed by atoms with E-state index >= 15 is 0 Å². The number of phenolic OH excluding ortho intramolecular Hbond substituents is 2. The molecule has 0 saturated carbocycles. The van der Waals surface area contributed by atoms with Gasteiger partial charge in [0.1, 0.15) is 11.5 Å². The Kier molecular flexibility index (Phi) is 11.7. The zero-order valence-electron chi connectivity index (χ0n) is 19.5. The van der Waals surface area contributed by atoms with Gasteiger partial charge in [-0.1, -0.05) is 49.8 Å². The van der Waals surface area contributed by atoms with E-state index < -0.39 is 0 Å². The zero-order chi connectivity index (χ0) is 22.7. The smallest absolute Gasteiger partial charge is 0.120 e. The Morgan fingerprint density at radius 1 is 0.793 bits per heavy atom. The molecule has 0 heterocycles. The highest BCUT2D eigenvalue weighted by Gasteiger charge is 2.26. The summed E-state index contributed by atoms with van der Waals surface area (Å²) in [5, 5.41) is 28.4. The maximum Gasteiger partial charge on any atom is 0.120 e. The lowest BCUT2D eigenvalue weighted by Crippen LogP contribution is -2.08. The summed E-state index contributed by atoms with van der Waals surface area (Å²) in [6.45, 7) is 16.0. The minimum atomic E-state index is -0.197. The number of aromatic hydroxyl groups is 2. The lowest BCUT2D eigenvalue weighted by molar-refractivity contribution is 0.399. The first-order valence-electron chi connectivity index (χ1n) is 10.1. The summed E-state index contributed by atoms with van der Waals surface area (Å²) in [5.41, 5.74) is 6.87. The van der Waals surface area contributed by atoms with E-state index in [2.05, 4.69) is 12.1 Å². The molecule has 160 valence electrons. The van der Waals surface area contributed by atoms with E-state index in [0.29, 0.717) is 0 Å². The van der Waals surface area contributed by atoms with E-state index in [9.17, 15) is 10.2 Å². The molecule has 2 aromatic rings. The molecule has 0 radical (unpaired) electrons. The van der Waals surface area contributed by atoms with E-state index in [-0.39, 0.29) is 17.4 Å². The van der Waals surface area contributed by atoms with Crippen molar-refractivity contribution in [2.24, 2.45) is 0 Å². The minimum Gasteiger partial charge on any atom is -0.508 e. The van der Waals surface area contributed by atoms with Crippen LogP contribution in [0, 0.1) is 27.7 Å². The second kappa shape index (κ2) is 12.8. The Labute approximate surface area is 177 Å². The third kappa shape index (κ3) is 6.79. The van der Waals surface area contributed by atoms with Crippen LogP contribution in [-0.4, -0.2) is 22.4 Å². The number of aliphatic hydroxyl groups excluding tert-OH is 1. The summed E-state index contributed by atoms with van der Waals surface area (Å²) in [6.07, 6.45) is 6.01. The Hall–Kier alpha value is -2.52. The van der Waals surface area contributed by atoms with Gasteiger partial charge >= 0.3 is 0 Å². The summed E-state index contributed by atoms with van der Waals surface area (Å²) < 4.78 is 0. The number of allylic oxidation sites excluding steroid dienone is 4. The summed E-state index contributed by atoms with van der Waals surface area (Å²) >= 11 is 0. The van der Waals surface area contributed by atoms with Crippen LogP contribution in [-0.2, 0) is 0 Å². The predicted molar refractivity (Wildman–Crippen MR) is 125 cm³/mol. The second-order valence-corrected chi connectivity index (χ2v) is 6.90. The van der Waals surface area contributed by atoms with Gasteiger partial charge in [-0.2, -0.15) is 0 Å². The van der Waals surface area contributed by atoms with Crippen molar-refractivity contribution >= 4 is 0 Å². The molecule has 0 unspecified atom stereocenters. The van der Waals surface area contributed by atoms with Gasteiger partial charge in [-0.15, -0.1) is 0 Å². The predicted octanol–water partition coefficient (Wildman–Crippen LogP) is 6.62. The fraction of sp³-hybridized carbons (Fsp3) is 0.385. The quantitative estimate of drug-likeness (QED) is 0.507. The highest BCUT2D eigenvalue weighted by atomic mass is 16.3. The Morgan fingerprint density at radius 2 is 1.17 bits per heavy atom. The van der Waals surface area contributed by atoms with E-state index in [1.807, 2.05) is 73.6 Å². The van der Waals surface area contributed by atoms with Crippen LogP contribution in [0.3, 0.4) is 0 Å². The Morgan fingerprint density at radius 3 is 1.48 bits per heavy atom. The second-order valence-electron chi connectivity index (χ2n) is 6.90. The van der Waals surface area contributed by atoms with Crippen molar-refractivity contribution in [3.8, 4) is 11.5 Å². The molecule has 0 atom stereocenters. The maximum atomic E-state index is 10.7. The highest BCUT2D eigenvalue weighted by Crippen LogP contribution is 2.44. The molecular formula is C26H38O3. The Bertz CT molecular complexity index is 742. The molecule has 3 nitrogen and oxygen atoms in total. The summed E-state index contributed by atoms with van der Waals surface area (Å²) in [4.78, 5) is 0. The van der Waals surface area contributed by atoms with Crippen molar-refractivity contribution in [3.63, 3.8) is 0 Å². The SMILES string of the molecule is C/C=C\C=C(/C)C(c1c(C)cc(C)cc1O)c1c(C)cc(C)cc1O.CC.CO. The number of aliphatic hydroxyl groups is 1. The van der Waals surface area contributed by atoms with E-state index in [0.717, 1.165) is 46.1 Å². The molecular weight excluding hydrogens is 360 g/mol. The number of hydrogen-bond donors (Lipinski definition) is 3. The van der Waals surface area contributed by atoms with Gasteiger partial charge in [0.2, 0.25) is 0 Å². The van der Waals surface area contributed by atoms with E-state index in [1.54, 1.807) is 12.1 Å². The van der Waals surface area contributed by atoms with Crippen molar-refractivity contribution in [2.75, 3.05) is 7.11 Å². The molecule has 0 aliphatic heterocycles. The van der Waals surface area contributed by atoms with Gasteiger partial charge in [0.15, 0.2) is 0 Å². The summed E-state index contributed by atoms with van der Waals surface area (Å²) in [7, 11) is 1.00. The molecule has 0 amide bonds. The van der Waals surface area contributed by atoms with E-state index in [4.69, 9.17) is 5.11 Å². The van der Waals surface area contributed by atoms with Crippen LogP contribution in [0.2, 0.25) is 0 Å². The average molecular weight is 399 g/mol. The molecule has 0 saturated heterocycles. The lowest BCUT2D eigenvalue weighted by atomic mass is 9.79. The largest absolute Gasteiger partial charge is 0.508 e. The fourth-order valence-corrected chi connectivity index (χ4v) is 3.61. The number of rotatable bonds is 4. The first kappa shape index (κ1) is 26.5. The summed E-state index contributed by atoms with van der Waals surface area (Å²) in [6, 6.07) is 7.73. The zero-order valence-corrected chi connectivity index (χ0v) is 19.5. The third-order valence-corrected chi connectivity index (χ3v) is 4.60. The minimum absolute atomic E-state index is 0.197.